The lowest BCUT2D eigenvalue weighted by Crippen LogP contribution is -2.44. The van der Waals surface area contributed by atoms with Gasteiger partial charge < -0.3 is 15.5 Å². The van der Waals surface area contributed by atoms with E-state index in [2.05, 4.69) is 15.3 Å². The molecule has 3 rings (SSSR count). The van der Waals surface area contributed by atoms with E-state index in [0.717, 1.165) is 11.2 Å². The molecule has 0 fully saturated rings. The van der Waals surface area contributed by atoms with Crippen LogP contribution >= 0.6 is 0 Å². The zero-order valence-electron chi connectivity index (χ0n) is 9.84. The summed E-state index contributed by atoms with van der Waals surface area (Å²) in [5.41, 5.74) is 12.9. The van der Waals surface area contributed by atoms with Gasteiger partial charge in [0.25, 0.3) is 0 Å². The molecule has 1 aliphatic heterocycles. The second kappa shape index (κ2) is 3.58. The minimum atomic E-state index is -1.15. The summed E-state index contributed by atoms with van der Waals surface area (Å²) in [5.74, 6) is 0.576. The summed E-state index contributed by atoms with van der Waals surface area (Å²) in [4.78, 5) is 8.51. The molecule has 2 aromatic rings. The van der Waals surface area contributed by atoms with E-state index in [1.807, 2.05) is 31.2 Å². The summed E-state index contributed by atoms with van der Waals surface area (Å²) in [6.45, 7) is 1.85. The van der Waals surface area contributed by atoms with Gasteiger partial charge in [0.1, 0.15) is 5.52 Å². The first kappa shape index (κ1) is 10.8. The lowest BCUT2D eigenvalue weighted by Gasteiger charge is -2.24. The van der Waals surface area contributed by atoms with Crippen molar-refractivity contribution in [1.82, 2.24) is 10.3 Å². The molecule has 6 nitrogen and oxygen atoms in total. The number of nitrogens with two attached hydrogens (primary N) is 2. The fourth-order valence-electron chi connectivity index (χ4n) is 1.98. The molecule has 0 radical (unpaired) electrons. The Morgan fingerprint density at radius 1 is 1.33 bits per heavy atom. The maximum absolute atomic E-state index is 6.18. The molecule has 2 heterocycles. The van der Waals surface area contributed by atoms with Crippen molar-refractivity contribution in [1.29, 1.82) is 0 Å². The molecule has 0 spiro atoms. The van der Waals surface area contributed by atoms with Crippen molar-refractivity contribution in [2.45, 2.75) is 12.6 Å². The molecular weight excluding hydrogens is 230 g/mol. The van der Waals surface area contributed by atoms with E-state index >= 15 is 0 Å². The van der Waals surface area contributed by atoms with E-state index in [0.29, 0.717) is 11.5 Å². The number of aromatic nitrogens is 1. The van der Waals surface area contributed by atoms with Crippen molar-refractivity contribution in [3.8, 4) is 0 Å². The Bertz CT molecular complexity index is 619. The van der Waals surface area contributed by atoms with Gasteiger partial charge in [0, 0.05) is 5.70 Å². The second-order valence-corrected chi connectivity index (χ2v) is 4.26. The SMILES string of the molecule is CC1=CC(N)(c2nc3ccccc3o2)N=C(N)N1. The summed E-state index contributed by atoms with van der Waals surface area (Å²) >= 11 is 0. The topological polar surface area (TPSA) is 102 Å². The van der Waals surface area contributed by atoms with Gasteiger partial charge in [-0.15, -0.1) is 0 Å². The van der Waals surface area contributed by atoms with Crippen LogP contribution < -0.4 is 16.8 Å². The van der Waals surface area contributed by atoms with Crippen LogP contribution in [-0.4, -0.2) is 10.9 Å². The zero-order valence-corrected chi connectivity index (χ0v) is 9.84. The number of nitrogens with one attached hydrogen (secondary N) is 1. The Morgan fingerprint density at radius 3 is 2.83 bits per heavy atom. The number of oxazole rings is 1. The van der Waals surface area contributed by atoms with Crippen LogP contribution in [0.15, 0.2) is 45.4 Å². The van der Waals surface area contributed by atoms with Gasteiger partial charge >= 0.3 is 0 Å². The van der Waals surface area contributed by atoms with E-state index in [1.54, 1.807) is 6.08 Å². The maximum Gasteiger partial charge on any atom is 0.242 e. The number of guanidine groups is 1. The van der Waals surface area contributed by atoms with Crippen molar-refractivity contribution in [3.63, 3.8) is 0 Å². The number of hydrogen-bond acceptors (Lipinski definition) is 6. The lowest BCUT2D eigenvalue weighted by molar-refractivity contribution is 0.408. The smallest absolute Gasteiger partial charge is 0.242 e. The molecule has 0 aliphatic carbocycles. The highest BCUT2D eigenvalue weighted by Gasteiger charge is 2.33. The highest BCUT2D eigenvalue weighted by atomic mass is 16.4. The zero-order chi connectivity index (χ0) is 12.8. The normalized spacial score (nSPS) is 23.4. The fourth-order valence-corrected chi connectivity index (χ4v) is 1.98. The summed E-state index contributed by atoms with van der Waals surface area (Å²) in [5, 5.41) is 2.88. The molecule has 1 aliphatic rings. The molecule has 6 heteroatoms. The third-order valence-corrected chi connectivity index (χ3v) is 2.70. The van der Waals surface area contributed by atoms with Crippen molar-refractivity contribution in [2.24, 2.45) is 16.5 Å². The number of allylic oxidation sites excluding steroid dienone is 1. The van der Waals surface area contributed by atoms with Crippen LogP contribution in [0.4, 0.5) is 0 Å². The van der Waals surface area contributed by atoms with Crippen molar-refractivity contribution in [2.75, 3.05) is 0 Å². The van der Waals surface area contributed by atoms with E-state index < -0.39 is 5.66 Å². The van der Waals surface area contributed by atoms with Crippen LogP contribution in [0.3, 0.4) is 0 Å². The highest BCUT2D eigenvalue weighted by molar-refractivity contribution is 5.81. The molecule has 0 amide bonds. The predicted molar refractivity (Wildman–Crippen MR) is 68.4 cm³/mol. The van der Waals surface area contributed by atoms with E-state index in [1.165, 1.54) is 0 Å². The number of para-hydroxylation sites is 2. The van der Waals surface area contributed by atoms with Gasteiger partial charge in [-0.1, -0.05) is 12.1 Å². The lowest BCUT2D eigenvalue weighted by atomic mass is 10.1. The minimum absolute atomic E-state index is 0.250. The van der Waals surface area contributed by atoms with Crippen LogP contribution in [0.5, 0.6) is 0 Å². The molecule has 0 saturated carbocycles. The van der Waals surface area contributed by atoms with Crippen LogP contribution in [-0.2, 0) is 5.66 Å². The second-order valence-electron chi connectivity index (χ2n) is 4.26. The van der Waals surface area contributed by atoms with Crippen molar-refractivity contribution in [3.05, 3.63) is 41.9 Å². The number of nitrogens with zero attached hydrogens (tertiary/aromatic N) is 2. The Hall–Kier alpha value is -2.34. The third kappa shape index (κ3) is 1.63. The monoisotopic (exact) mass is 243 g/mol. The summed E-state index contributed by atoms with van der Waals surface area (Å²) in [7, 11) is 0. The van der Waals surface area contributed by atoms with Crippen LogP contribution in [0.25, 0.3) is 11.1 Å². The Labute approximate surface area is 103 Å². The fraction of sp³-hybridized carbons (Fsp3) is 0.167. The molecule has 1 atom stereocenters. The molecule has 1 aromatic heterocycles. The minimum Gasteiger partial charge on any atom is -0.436 e. The molecule has 1 aromatic carbocycles. The summed E-state index contributed by atoms with van der Waals surface area (Å²) < 4.78 is 5.64. The van der Waals surface area contributed by atoms with Gasteiger partial charge in [-0.2, -0.15) is 0 Å². The first-order valence-electron chi connectivity index (χ1n) is 5.53. The first-order chi connectivity index (χ1) is 8.57. The maximum atomic E-state index is 6.18. The quantitative estimate of drug-likeness (QED) is 0.686. The van der Waals surface area contributed by atoms with Gasteiger partial charge in [-0.3, -0.25) is 5.73 Å². The number of hydrogen-bond donors (Lipinski definition) is 3. The number of rotatable bonds is 1. The average Bonchev–Trinajstić information content (AvgIpc) is 2.71. The number of aliphatic imine (C=N–C) groups is 1. The van der Waals surface area contributed by atoms with Crippen LogP contribution in [0, 0.1) is 0 Å². The first-order valence-corrected chi connectivity index (χ1v) is 5.53. The molecule has 0 saturated heterocycles. The number of fused-ring (bicyclic) bond motifs is 1. The predicted octanol–water partition coefficient (Wildman–Crippen LogP) is 0.761. The van der Waals surface area contributed by atoms with Gasteiger partial charge in [0.05, 0.1) is 0 Å². The molecule has 92 valence electrons. The van der Waals surface area contributed by atoms with Crippen molar-refractivity contribution >= 4 is 17.1 Å². The van der Waals surface area contributed by atoms with Crippen LogP contribution in [0.2, 0.25) is 0 Å². The highest BCUT2D eigenvalue weighted by Crippen LogP contribution is 2.27. The van der Waals surface area contributed by atoms with E-state index in [-0.39, 0.29) is 5.96 Å². The van der Waals surface area contributed by atoms with Gasteiger partial charge in [0.2, 0.25) is 11.6 Å². The largest absolute Gasteiger partial charge is 0.436 e. The van der Waals surface area contributed by atoms with E-state index in [9.17, 15) is 0 Å². The Balaban J connectivity index is 2.16. The van der Waals surface area contributed by atoms with Crippen LogP contribution in [0.1, 0.15) is 12.8 Å². The van der Waals surface area contributed by atoms with Gasteiger partial charge in [0.15, 0.2) is 11.5 Å². The molecule has 1 unspecified atom stereocenters. The van der Waals surface area contributed by atoms with Gasteiger partial charge in [-0.05, 0) is 25.1 Å². The van der Waals surface area contributed by atoms with Crippen molar-refractivity contribution < 1.29 is 4.42 Å². The molecule has 5 N–H and O–H groups in total. The standard InChI is InChI=1S/C12H13N5O/c1-7-6-12(14,17-11(13)15-7)10-16-8-4-2-3-5-9(8)18-10/h2-6H,14H2,1H3,(H3,13,15,17). The Morgan fingerprint density at radius 2 is 2.11 bits per heavy atom. The average molecular weight is 243 g/mol. The Kier molecular flexibility index (Phi) is 2.14. The van der Waals surface area contributed by atoms with Gasteiger partial charge in [-0.25, -0.2) is 9.98 Å². The molecule has 0 bridgehead atoms. The third-order valence-electron chi connectivity index (χ3n) is 2.70. The summed E-state index contributed by atoms with van der Waals surface area (Å²) in [6.07, 6.45) is 1.73. The number of benzene rings is 1. The summed E-state index contributed by atoms with van der Waals surface area (Å²) in [6, 6.07) is 7.46. The van der Waals surface area contributed by atoms with E-state index in [4.69, 9.17) is 15.9 Å². The molecule has 18 heavy (non-hydrogen) atoms. The molecular formula is C12H13N5O.